The molecule has 0 amide bonds. The van der Waals surface area contributed by atoms with Crippen LogP contribution in [0.5, 0.6) is 0 Å². The smallest absolute Gasteiger partial charge is 0.245 e. The first-order chi connectivity index (χ1) is 16.0. The third-order valence-electron chi connectivity index (χ3n) is 6.26. The summed E-state index contributed by atoms with van der Waals surface area (Å²) in [6.07, 6.45) is 11.3. The molecule has 0 bridgehead atoms. The summed E-state index contributed by atoms with van der Waals surface area (Å²) in [5.41, 5.74) is 7.50. The summed E-state index contributed by atoms with van der Waals surface area (Å²) in [7, 11) is 0. The number of benzene rings is 1. The van der Waals surface area contributed by atoms with E-state index in [9.17, 15) is 8.78 Å². The Morgan fingerprint density at radius 2 is 1.68 bits per heavy atom. The predicted octanol–water partition coefficient (Wildman–Crippen LogP) is 9.98. The zero-order valence-electron chi connectivity index (χ0n) is 22.3. The van der Waals surface area contributed by atoms with Gasteiger partial charge < -0.3 is 0 Å². The van der Waals surface area contributed by atoms with E-state index in [1.807, 2.05) is 32.9 Å². The third kappa shape index (κ3) is 11.7. The number of hydrogen-bond acceptors (Lipinski definition) is 1. The number of alkyl halides is 2. The normalized spacial score (nSPS) is 15.3. The number of halogens is 2. The van der Waals surface area contributed by atoms with Gasteiger partial charge in [0, 0.05) is 12.1 Å². The van der Waals surface area contributed by atoms with Gasteiger partial charge in [0.15, 0.2) is 0 Å². The molecule has 1 aromatic carbocycles. The topological polar surface area (TPSA) is 12.4 Å². The molecule has 1 nitrogen and oxygen atoms in total. The lowest BCUT2D eigenvalue weighted by Gasteiger charge is -2.24. The van der Waals surface area contributed by atoms with Crippen molar-refractivity contribution in [1.82, 2.24) is 0 Å². The van der Waals surface area contributed by atoms with Crippen molar-refractivity contribution in [3.63, 3.8) is 0 Å². The average molecular weight is 470 g/mol. The van der Waals surface area contributed by atoms with Crippen molar-refractivity contribution in [1.29, 1.82) is 0 Å². The van der Waals surface area contributed by atoms with E-state index in [1.54, 1.807) is 0 Å². The van der Waals surface area contributed by atoms with Crippen LogP contribution in [0.3, 0.4) is 0 Å². The van der Waals surface area contributed by atoms with Gasteiger partial charge in [0.25, 0.3) is 0 Å². The Kier molecular flexibility index (Phi) is 13.0. The number of aryl methyl sites for hydroxylation is 2. The van der Waals surface area contributed by atoms with Gasteiger partial charge in [-0.3, -0.25) is 4.99 Å². The Bertz CT molecular complexity index is 869. The highest BCUT2D eigenvalue weighted by molar-refractivity contribution is 5.83. The number of rotatable bonds is 9. The molecule has 0 aromatic heterocycles. The average Bonchev–Trinajstić information content (AvgIpc) is 2.81. The van der Waals surface area contributed by atoms with Crippen LogP contribution < -0.4 is 0 Å². The molecule has 0 spiro atoms. The Balaban J connectivity index is 0.000000533. The van der Waals surface area contributed by atoms with Gasteiger partial charge in [-0.25, -0.2) is 8.78 Å². The van der Waals surface area contributed by atoms with E-state index >= 15 is 0 Å². The highest BCUT2D eigenvalue weighted by Crippen LogP contribution is 2.33. The molecule has 0 atom stereocenters. The van der Waals surface area contributed by atoms with Crippen molar-refractivity contribution in [2.75, 3.05) is 0 Å². The molecular weight excluding hydrogens is 424 g/mol. The first kappa shape index (κ1) is 29.7. The summed E-state index contributed by atoms with van der Waals surface area (Å²) in [6, 6.07) is 8.66. The van der Waals surface area contributed by atoms with Crippen molar-refractivity contribution in [3.8, 4) is 0 Å². The highest BCUT2D eigenvalue weighted by Gasteiger charge is 2.21. The molecule has 34 heavy (non-hydrogen) atoms. The maximum atomic E-state index is 13.1. The molecule has 3 heteroatoms. The summed E-state index contributed by atoms with van der Waals surface area (Å²) < 4.78 is 26.1. The van der Waals surface area contributed by atoms with Crippen LogP contribution >= 0.6 is 0 Å². The van der Waals surface area contributed by atoms with Crippen LogP contribution in [0.25, 0.3) is 0 Å². The Morgan fingerprint density at radius 1 is 1.09 bits per heavy atom. The second kappa shape index (κ2) is 14.9. The fraction of sp³-hybridized carbons (Fsp3) is 0.516. The molecule has 188 valence electrons. The highest BCUT2D eigenvalue weighted by atomic mass is 19.3. The van der Waals surface area contributed by atoms with Gasteiger partial charge in [-0.1, -0.05) is 80.8 Å². The molecule has 0 N–H and O–H groups in total. The minimum atomic E-state index is -2.65. The SMILES string of the molecule is C=C/C(=C\C(N=C(C)CCC(C)(F)F)=C(C)C)C(=C)C1CCCCC1.CCc1ccc(C)cc1. The van der Waals surface area contributed by atoms with Gasteiger partial charge in [0.2, 0.25) is 5.92 Å². The number of aliphatic imine (C=N–C) groups is 1. The molecule has 1 aromatic rings. The summed E-state index contributed by atoms with van der Waals surface area (Å²) in [5.74, 6) is -2.14. The van der Waals surface area contributed by atoms with Gasteiger partial charge in [-0.05, 0) is 89.0 Å². The van der Waals surface area contributed by atoms with Crippen molar-refractivity contribution in [3.05, 3.63) is 83.1 Å². The summed E-state index contributed by atoms with van der Waals surface area (Å²) in [6.45, 7) is 19.3. The Morgan fingerprint density at radius 3 is 2.15 bits per heavy atom. The number of nitrogens with zero attached hydrogens (tertiary/aromatic N) is 1. The largest absolute Gasteiger partial charge is 0.258 e. The molecule has 1 aliphatic carbocycles. The third-order valence-corrected chi connectivity index (χ3v) is 6.26. The van der Waals surface area contributed by atoms with Crippen LogP contribution in [0.15, 0.2) is 77.0 Å². The van der Waals surface area contributed by atoms with Gasteiger partial charge in [0.1, 0.15) is 0 Å². The Labute approximate surface area is 207 Å². The second-order valence-corrected chi connectivity index (χ2v) is 9.81. The first-order valence-electron chi connectivity index (χ1n) is 12.6. The van der Waals surface area contributed by atoms with E-state index in [1.165, 1.54) is 43.2 Å². The molecule has 1 aliphatic rings. The minimum Gasteiger partial charge on any atom is -0.258 e. The minimum absolute atomic E-state index is 0.175. The van der Waals surface area contributed by atoms with Crippen LogP contribution in [-0.2, 0) is 6.42 Å². The molecule has 0 heterocycles. The molecule has 0 aliphatic heterocycles. The fourth-order valence-electron chi connectivity index (χ4n) is 3.89. The second-order valence-electron chi connectivity index (χ2n) is 9.81. The van der Waals surface area contributed by atoms with E-state index in [0.29, 0.717) is 12.3 Å². The molecule has 0 unspecified atom stereocenters. The number of hydrogen-bond donors (Lipinski definition) is 0. The molecule has 1 fully saturated rings. The quantitative estimate of drug-likeness (QED) is 0.252. The standard InChI is InChI=1S/C22H33F2N.C9H12/c1-7-19(18(5)20-11-9-8-10-12-20)15-21(16(2)3)25-17(4)13-14-22(6,23)24;1-3-9-6-4-8(2)5-7-9/h7,15,20H,1,5,8-14H2,2-4,6H3;4-7H,3H2,1-2H3/b19-15+,25-17?;. The number of allylic oxidation sites excluding steroid dienone is 5. The molecule has 0 saturated heterocycles. The van der Waals surface area contributed by atoms with Crippen LogP contribution in [-0.4, -0.2) is 11.6 Å². The fourth-order valence-corrected chi connectivity index (χ4v) is 3.89. The molecule has 2 rings (SSSR count). The molecule has 0 radical (unpaired) electrons. The van der Waals surface area contributed by atoms with E-state index in [0.717, 1.165) is 41.5 Å². The van der Waals surface area contributed by atoms with E-state index < -0.39 is 5.92 Å². The summed E-state index contributed by atoms with van der Waals surface area (Å²) >= 11 is 0. The lowest BCUT2D eigenvalue weighted by Crippen LogP contribution is -2.11. The van der Waals surface area contributed by atoms with Crippen molar-refractivity contribution in [2.45, 2.75) is 98.8 Å². The zero-order valence-corrected chi connectivity index (χ0v) is 22.3. The molecular formula is C31H45F2N. The van der Waals surface area contributed by atoms with Gasteiger partial charge >= 0.3 is 0 Å². The van der Waals surface area contributed by atoms with Crippen LogP contribution in [0, 0.1) is 12.8 Å². The van der Waals surface area contributed by atoms with Gasteiger partial charge in [-0.15, -0.1) is 0 Å². The summed E-state index contributed by atoms with van der Waals surface area (Å²) in [4.78, 5) is 4.59. The van der Waals surface area contributed by atoms with Crippen molar-refractivity contribution < 1.29 is 8.78 Å². The summed E-state index contributed by atoms with van der Waals surface area (Å²) in [5, 5.41) is 0. The van der Waals surface area contributed by atoms with Gasteiger partial charge in [0.05, 0.1) is 5.70 Å². The maximum Gasteiger partial charge on any atom is 0.245 e. The van der Waals surface area contributed by atoms with E-state index in [-0.39, 0.29) is 6.42 Å². The van der Waals surface area contributed by atoms with E-state index in [4.69, 9.17) is 0 Å². The van der Waals surface area contributed by atoms with E-state index in [2.05, 4.69) is 56.3 Å². The van der Waals surface area contributed by atoms with Crippen LogP contribution in [0.4, 0.5) is 8.78 Å². The lowest BCUT2D eigenvalue weighted by atomic mass is 9.81. The lowest BCUT2D eigenvalue weighted by molar-refractivity contribution is 0.0150. The van der Waals surface area contributed by atoms with Crippen molar-refractivity contribution in [2.24, 2.45) is 10.9 Å². The molecule has 1 saturated carbocycles. The zero-order chi connectivity index (χ0) is 25.7. The van der Waals surface area contributed by atoms with Crippen LogP contribution in [0.1, 0.15) is 90.7 Å². The first-order valence-corrected chi connectivity index (χ1v) is 12.6. The maximum absolute atomic E-state index is 13.1. The van der Waals surface area contributed by atoms with Crippen LogP contribution in [0.2, 0.25) is 0 Å². The van der Waals surface area contributed by atoms with Crippen molar-refractivity contribution >= 4 is 5.71 Å². The van der Waals surface area contributed by atoms with Gasteiger partial charge in [-0.2, -0.15) is 0 Å². The Hall–Kier alpha value is -2.29. The monoisotopic (exact) mass is 469 g/mol. The predicted molar refractivity (Wildman–Crippen MR) is 146 cm³/mol.